The minimum Gasteiger partial charge on any atom is -0.466 e. The zero-order valence-electron chi connectivity index (χ0n) is 57.9. The van der Waals surface area contributed by atoms with Gasteiger partial charge in [-0.25, -0.2) is 0 Å². The second kappa shape index (κ2) is 74.8. The van der Waals surface area contributed by atoms with Crippen LogP contribution in [0.25, 0.3) is 0 Å². The van der Waals surface area contributed by atoms with E-state index in [-0.39, 0.29) is 18.5 Å². The highest BCUT2D eigenvalue weighted by Crippen LogP contribution is 2.20. The maximum Gasteiger partial charge on any atom is 0.305 e. The molecule has 0 aromatic carbocycles. The Labute approximate surface area is 532 Å². The third-order valence-corrected chi connectivity index (χ3v) is 18.5. The van der Waals surface area contributed by atoms with E-state index in [9.17, 15) is 19.8 Å². The number of amides is 1. The molecule has 504 valence electrons. The Balaban J connectivity index is 3.35. The lowest BCUT2D eigenvalue weighted by Crippen LogP contribution is -2.45. The first-order chi connectivity index (χ1) is 42.0. The van der Waals surface area contributed by atoms with Gasteiger partial charge in [0.25, 0.3) is 0 Å². The van der Waals surface area contributed by atoms with Gasteiger partial charge in [-0.3, -0.25) is 9.59 Å². The molecule has 0 spiro atoms. The Morgan fingerprint density at radius 2 is 0.588 bits per heavy atom. The molecular formula is C79H153NO5. The van der Waals surface area contributed by atoms with Crippen LogP contribution in [0.5, 0.6) is 0 Å². The molecule has 0 heterocycles. The molecule has 2 unspecified atom stereocenters. The van der Waals surface area contributed by atoms with Crippen molar-refractivity contribution in [3.8, 4) is 0 Å². The van der Waals surface area contributed by atoms with Crippen molar-refractivity contribution in [3.63, 3.8) is 0 Å². The van der Waals surface area contributed by atoms with Crippen LogP contribution in [0.4, 0.5) is 0 Å². The van der Waals surface area contributed by atoms with E-state index >= 15 is 0 Å². The summed E-state index contributed by atoms with van der Waals surface area (Å²) < 4.78 is 5.51. The van der Waals surface area contributed by atoms with E-state index in [0.717, 1.165) is 44.9 Å². The van der Waals surface area contributed by atoms with Crippen LogP contribution in [0, 0.1) is 0 Å². The summed E-state index contributed by atoms with van der Waals surface area (Å²) in [6.45, 7) is 5.00. The highest BCUT2D eigenvalue weighted by Gasteiger charge is 2.20. The van der Waals surface area contributed by atoms with Crippen LogP contribution < -0.4 is 5.32 Å². The van der Waals surface area contributed by atoms with Gasteiger partial charge in [-0.15, -0.1) is 0 Å². The summed E-state index contributed by atoms with van der Waals surface area (Å²) in [6, 6.07) is -0.540. The normalized spacial score (nSPS) is 12.6. The number of aliphatic hydroxyl groups is 2. The van der Waals surface area contributed by atoms with Crippen LogP contribution in [0.3, 0.4) is 0 Å². The van der Waals surface area contributed by atoms with Crippen LogP contribution in [-0.2, 0) is 14.3 Å². The fourth-order valence-electron chi connectivity index (χ4n) is 12.6. The van der Waals surface area contributed by atoms with Crippen LogP contribution in [0.15, 0.2) is 24.3 Å². The average Bonchev–Trinajstić information content (AvgIpc) is 3.51. The molecule has 1 amide bonds. The minimum absolute atomic E-state index is 0.0200. The lowest BCUT2D eigenvalue weighted by Gasteiger charge is -2.22. The number of aliphatic hydroxyl groups excluding tert-OH is 2. The number of nitrogens with one attached hydrogen (secondary N) is 1. The number of rotatable bonds is 74. The second-order valence-electron chi connectivity index (χ2n) is 27.0. The Morgan fingerprint density at radius 1 is 0.329 bits per heavy atom. The van der Waals surface area contributed by atoms with E-state index < -0.39 is 12.1 Å². The first kappa shape index (κ1) is 83.3. The third kappa shape index (κ3) is 71.3. The second-order valence-corrected chi connectivity index (χ2v) is 27.0. The first-order valence-corrected chi connectivity index (χ1v) is 39.1. The highest BCUT2D eigenvalue weighted by molar-refractivity contribution is 5.76. The Kier molecular flexibility index (Phi) is 73.3. The van der Waals surface area contributed by atoms with Crippen LogP contribution in [0.2, 0.25) is 0 Å². The summed E-state index contributed by atoms with van der Waals surface area (Å²) in [7, 11) is 0. The van der Waals surface area contributed by atoms with Crippen LogP contribution in [-0.4, -0.2) is 47.4 Å². The number of hydrogen-bond acceptors (Lipinski definition) is 5. The predicted molar refractivity (Wildman–Crippen MR) is 375 cm³/mol. The van der Waals surface area contributed by atoms with Gasteiger partial charge in [0.1, 0.15) is 0 Å². The summed E-state index contributed by atoms with van der Waals surface area (Å²) >= 11 is 0. The maximum atomic E-state index is 12.5. The molecule has 0 aromatic heterocycles. The van der Waals surface area contributed by atoms with Crippen LogP contribution in [0.1, 0.15) is 444 Å². The molecule has 2 atom stereocenters. The van der Waals surface area contributed by atoms with Crippen molar-refractivity contribution in [1.29, 1.82) is 0 Å². The molecule has 0 saturated heterocycles. The molecule has 0 aliphatic heterocycles. The number of ether oxygens (including phenoxy) is 1. The number of carbonyl (C=O) groups excluding carboxylic acids is 2. The van der Waals surface area contributed by atoms with Crippen molar-refractivity contribution >= 4 is 11.9 Å². The van der Waals surface area contributed by atoms with E-state index in [4.69, 9.17) is 4.74 Å². The van der Waals surface area contributed by atoms with Gasteiger partial charge in [-0.2, -0.15) is 0 Å². The molecule has 85 heavy (non-hydrogen) atoms. The van der Waals surface area contributed by atoms with Gasteiger partial charge in [0.2, 0.25) is 5.91 Å². The fourth-order valence-corrected chi connectivity index (χ4v) is 12.6. The number of esters is 1. The molecule has 3 N–H and O–H groups in total. The highest BCUT2D eigenvalue weighted by atomic mass is 16.5. The van der Waals surface area contributed by atoms with Crippen molar-refractivity contribution in [1.82, 2.24) is 5.32 Å². The van der Waals surface area contributed by atoms with E-state index in [2.05, 4.69) is 43.5 Å². The SMILES string of the molecule is CCCCCCCCCCCCCCCCCCCCCC(=O)OCCCCCCCCCCC/C=C\C/C=C\CCCCCCCCCCCCCCCCCCCC(=O)NC(CO)C(O)CCCCCCCCCCCCCCCCCC. The quantitative estimate of drug-likeness (QED) is 0.0320. The smallest absolute Gasteiger partial charge is 0.305 e. The molecule has 0 aliphatic carbocycles. The summed E-state index contributed by atoms with van der Waals surface area (Å²) in [6.07, 6.45) is 95.5. The molecule has 0 rings (SSSR count). The molecule has 0 fully saturated rings. The molecule has 6 nitrogen and oxygen atoms in total. The summed E-state index contributed by atoms with van der Waals surface area (Å²) in [5, 5.41) is 23.4. The third-order valence-electron chi connectivity index (χ3n) is 18.5. The molecular weight excluding hydrogens is 1040 g/mol. The topological polar surface area (TPSA) is 95.9 Å². The van der Waals surface area contributed by atoms with Gasteiger partial charge < -0.3 is 20.3 Å². The maximum absolute atomic E-state index is 12.5. The lowest BCUT2D eigenvalue weighted by molar-refractivity contribution is -0.143. The molecule has 0 aliphatic rings. The van der Waals surface area contributed by atoms with Gasteiger partial charge in [0, 0.05) is 12.8 Å². The fraction of sp³-hybridized carbons (Fsp3) is 0.924. The van der Waals surface area contributed by atoms with Gasteiger partial charge in [0.05, 0.1) is 25.4 Å². The largest absolute Gasteiger partial charge is 0.466 e. The van der Waals surface area contributed by atoms with Crippen molar-refractivity contribution in [2.75, 3.05) is 13.2 Å². The first-order valence-electron chi connectivity index (χ1n) is 39.1. The van der Waals surface area contributed by atoms with Gasteiger partial charge in [0.15, 0.2) is 0 Å². The summed E-state index contributed by atoms with van der Waals surface area (Å²) in [5.74, 6) is -0.00931. The number of unbranched alkanes of at least 4 members (excludes halogenated alkanes) is 59. The van der Waals surface area contributed by atoms with Gasteiger partial charge in [-0.1, -0.05) is 398 Å². The molecule has 6 heteroatoms. The standard InChI is InChI=1S/C79H153NO5/c1-3-5-7-9-11-13-15-17-19-21-37-41-45-49-53-57-61-65-69-73-79(84)85-74-70-66-62-58-54-50-46-42-39-36-34-32-30-28-26-24-22-23-25-27-29-31-33-35-38-40-44-48-52-56-60-64-68-72-78(83)80-76(75-81)77(82)71-67-63-59-55-51-47-43-20-18-16-14-12-10-8-6-4-2/h26,28,32,34,76-77,81-82H,3-25,27,29-31,33,35-75H2,1-2H3,(H,80,83)/b28-26-,34-32-. The van der Waals surface area contributed by atoms with Crippen molar-refractivity contribution in [3.05, 3.63) is 24.3 Å². The van der Waals surface area contributed by atoms with E-state index in [1.165, 1.54) is 366 Å². The van der Waals surface area contributed by atoms with E-state index in [0.29, 0.717) is 25.9 Å². The minimum atomic E-state index is -0.663. The van der Waals surface area contributed by atoms with Crippen molar-refractivity contribution < 1.29 is 24.5 Å². The Bertz CT molecular complexity index is 1330. The van der Waals surface area contributed by atoms with Gasteiger partial charge >= 0.3 is 5.97 Å². The number of carbonyl (C=O) groups is 2. The molecule has 0 radical (unpaired) electrons. The Morgan fingerprint density at radius 3 is 0.894 bits per heavy atom. The molecule has 0 aromatic rings. The molecule has 0 saturated carbocycles. The van der Waals surface area contributed by atoms with Crippen LogP contribution >= 0.6 is 0 Å². The van der Waals surface area contributed by atoms with Crippen molar-refractivity contribution in [2.45, 2.75) is 456 Å². The number of allylic oxidation sites excluding steroid dienone is 4. The zero-order valence-corrected chi connectivity index (χ0v) is 57.9. The van der Waals surface area contributed by atoms with Crippen molar-refractivity contribution in [2.24, 2.45) is 0 Å². The van der Waals surface area contributed by atoms with Gasteiger partial charge in [-0.05, 0) is 57.8 Å². The predicted octanol–water partition coefficient (Wildman–Crippen LogP) is 25.7. The summed E-state index contributed by atoms with van der Waals surface area (Å²) in [4.78, 5) is 24.7. The zero-order chi connectivity index (χ0) is 61.3. The monoisotopic (exact) mass is 1200 g/mol. The van der Waals surface area contributed by atoms with E-state index in [1.54, 1.807) is 0 Å². The lowest BCUT2D eigenvalue weighted by atomic mass is 10.0. The summed E-state index contributed by atoms with van der Waals surface area (Å²) in [5.41, 5.74) is 0. The average molecular weight is 1200 g/mol. The number of hydrogen-bond donors (Lipinski definition) is 3. The van der Waals surface area contributed by atoms with E-state index in [1.807, 2.05) is 0 Å². The Hall–Kier alpha value is -1.66. The molecule has 0 bridgehead atoms.